The summed E-state index contributed by atoms with van der Waals surface area (Å²) in [5.74, 6) is -1.63. The number of fused-ring (bicyclic) bond motifs is 3. The third kappa shape index (κ3) is 6.64. The summed E-state index contributed by atoms with van der Waals surface area (Å²) in [5.41, 5.74) is 4.80. The molecule has 0 unspecified atom stereocenters. The molecule has 0 aliphatic rings. The predicted octanol–water partition coefficient (Wildman–Crippen LogP) is 5.67. The number of nitrogens with one attached hydrogen (secondary N) is 1. The van der Waals surface area contributed by atoms with E-state index in [0.717, 1.165) is 27.7 Å². The third-order valence-corrected chi connectivity index (χ3v) is 7.16. The van der Waals surface area contributed by atoms with E-state index < -0.39 is 24.0 Å². The van der Waals surface area contributed by atoms with Gasteiger partial charge in [0.15, 0.2) is 6.10 Å². The molecule has 1 atom stereocenters. The van der Waals surface area contributed by atoms with Crippen LogP contribution in [0.5, 0.6) is 0 Å². The highest BCUT2D eigenvalue weighted by atomic mass is 16.6. The van der Waals surface area contributed by atoms with Crippen molar-refractivity contribution in [2.75, 3.05) is 44.6 Å². The molecule has 0 bridgehead atoms. The van der Waals surface area contributed by atoms with Gasteiger partial charge in [0, 0.05) is 62.8 Å². The number of aromatic nitrogens is 2. The van der Waals surface area contributed by atoms with Gasteiger partial charge in [-0.3, -0.25) is 4.79 Å². The standard InChI is InChI=1S/C34H34N4O6/c1-21(39)42-19-24-18-28-27-8-6-7-9-29(27)36-31(28)32(35-24)30(44-34(41)23-12-16-26(17-13-23)38(4)5)20-43-33(40)22-10-14-25(15-11-22)37(2)3/h6-18,30,36H,19-20H2,1-5H3/t30-/m0/s1. The van der Waals surface area contributed by atoms with Crippen LogP contribution >= 0.6 is 0 Å². The second-order valence-electron chi connectivity index (χ2n) is 10.7. The largest absolute Gasteiger partial charge is 0.459 e. The summed E-state index contributed by atoms with van der Waals surface area (Å²) in [6.07, 6.45) is -1.09. The normalized spacial score (nSPS) is 11.7. The number of H-pyrrole nitrogens is 1. The minimum Gasteiger partial charge on any atom is -0.459 e. The topological polar surface area (TPSA) is 114 Å². The number of anilines is 2. The van der Waals surface area contributed by atoms with E-state index in [2.05, 4.69) is 4.98 Å². The minimum atomic E-state index is -1.09. The van der Waals surface area contributed by atoms with Gasteiger partial charge >= 0.3 is 17.9 Å². The number of nitrogens with zero attached hydrogens (tertiary/aromatic N) is 3. The van der Waals surface area contributed by atoms with Gasteiger partial charge in [0.25, 0.3) is 0 Å². The molecule has 10 heteroatoms. The molecule has 0 aliphatic carbocycles. The van der Waals surface area contributed by atoms with Crippen LogP contribution in [0.4, 0.5) is 11.4 Å². The Bertz CT molecular complexity index is 1810. The van der Waals surface area contributed by atoms with Crippen LogP contribution in [-0.2, 0) is 25.6 Å². The number of ether oxygens (including phenoxy) is 3. The second kappa shape index (κ2) is 12.9. The average molecular weight is 595 g/mol. The van der Waals surface area contributed by atoms with E-state index >= 15 is 0 Å². The molecule has 0 fully saturated rings. The first-order valence-electron chi connectivity index (χ1n) is 14.1. The third-order valence-electron chi connectivity index (χ3n) is 7.16. The maximum absolute atomic E-state index is 13.4. The van der Waals surface area contributed by atoms with E-state index in [1.165, 1.54) is 6.92 Å². The SMILES string of the molecule is CC(=O)OCc1cc2c([nH]c3ccccc32)c([C@H](COC(=O)c2ccc(N(C)C)cc2)OC(=O)c2ccc(N(C)C)cc2)n1. The van der Waals surface area contributed by atoms with Gasteiger partial charge in [-0.2, -0.15) is 0 Å². The lowest BCUT2D eigenvalue weighted by Gasteiger charge is -2.20. The molecule has 5 rings (SSSR count). The number of carbonyl (C=O) groups excluding carboxylic acids is 3. The van der Waals surface area contributed by atoms with Crippen LogP contribution in [-0.4, -0.2) is 62.7 Å². The summed E-state index contributed by atoms with van der Waals surface area (Å²) in [4.78, 5) is 50.1. The number of aromatic amines is 1. The van der Waals surface area contributed by atoms with E-state index in [0.29, 0.717) is 28.0 Å². The molecule has 226 valence electrons. The average Bonchev–Trinajstić information content (AvgIpc) is 3.40. The van der Waals surface area contributed by atoms with Crippen LogP contribution in [0.3, 0.4) is 0 Å². The Morgan fingerprint density at radius 3 is 1.95 bits per heavy atom. The van der Waals surface area contributed by atoms with Crippen molar-refractivity contribution in [3.8, 4) is 0 Å². The lowest BCUT2D eigenvalue weighted by molar-refractivity contribution is -0.142. The van der Waals surface area contributed by atoms with Crippen LogP contribution in [0, 0.1) is 0 Å². The lowest BCUT2D eigenvalue weighted by atomic mass is 10.1. The van der Waals surface area contributed by atoms with Gasteiger partial charge in [0.1, 0.15) is 18.9 Å². The zero-order chi connectivity index (χ0) is 31.4. The first-order valence-corrected chi connectivity index (χ1v) is 14.1. The number of hydrogen-bond acceptors (Lipinski definition) is 9. The van der Waals surface area contributed by atoms with Crippen LogP contribution in [0.1, 0.15) is 45.1 Å². The van der Waals surface area contributed by atoms with Gasteiger partial charge in [0.05, 0.1) is 22.3 Å². The van der Waals surface area contributed by atoms with Crippen molar-refractivity contribution in [3.63, 3.8) is 0 Å². The zero-order valence-electron chi connectivity index (χ0n) is 25.3. The predicted molar refractivity (Wildman–Crippen MR) is 169 cm³/mol. The van der Waals surface area contributed by atoms with Crippen molar-refractivity contribution >= 4 is 51.1 Å². The number of esters is 3. The quantitative estimate of drug-likeness (QED) is 0.161. The van der Waals surface area contributed by atoms with E-state index in [9.17, 15) is 14.4 Å². The van der Waals surface area contributed by atoms with Crippen molar-refractivity contribution in [1.29, 1.82) is 0 Å². The highest BCUT2D eigenvalue weighted by molar-refractivity contribution is 6.08. The molecule has 10 nitrogen and oxygen atoms in total. The minimum absolute atomic E-state index is 0.0809. The molecule has 0 saturated heterocycles. The Morgan fingerprint density at radius 2 is 1.36 bits per heavy atom. The van der Waals surface area contributed by atoms with Crippen molar-refractivity contribution in [3.05, 3.63) is 101 Å². The van der Waals surface area contributed by atoms with Gasteiger partial charge in [-0.25, -0.2) is 14.6 Å². The Hall–Kier alpha value is -5.38. The maximum atomic E-state index is 13.4. The fourth-order valence-electron chi connectivity index (χ4n) is 4.80. The second-order valence-corrected chi connectivity index (χ2v) is 10.7. The van der Waals surface area contributed by atoms with Gasteiger partial charge in [-0.15, -0.1) is 0 Å². The van der Waals surface area contributed by atoms with E-state index in [-0.39, 0.29) is 13.2 Å². The van der Waals surface area contributed by atoms with Crippen LogP contribution in [0.15, 0.2) is 78.9 Å². The van der Waals surface area contributed by atoms with Gasteiger partial charge in [-0.05, 0) is 60.7 Å². The molecule has 5 aromatic rings. The zero-order valence-corrected chi connectivity index (χ0v) is 25.3. The van der Waals surface area contributed by atoms with Crippen molar-refractivity contribution in [1.82, 2.24) is 9.97 Å². The Morgan fingerprint density at radius 1 is 0.773 bits per heavy atom. The summed E-state index contributed by atoms with van der Waals surface area (Å²) in [7, 11) is 7.64. The van der Waals surface area contributed by atoms with Gasteiger partial charge in [0.2, 0.25) is 0 Å². The molecule has 0 saturated carbocycles. The number of benzene rings is 3. The number of rotatable bonds is 10. The molecular formula is C34H34N4O6. The van der Waals surface area contributed by atoms with Crippen LogP contribution in [0.2, 0.25) is 0 Å². The summed E-state index contributed by atoms with van der Waals surface area (Å²) >= 11 is 0. The fraction of sp³-hybridized carbons (Fsp3) is 0.235. The van der Waals surface area contributed by atoms with Gasteiger partial charge in [-0.1, -0.05) is 18.2 Å². The monoisotopic (exact) mass is 594 g/mol. The fourth-order valence-corrected chi connectivity index (χ4v) is 4.80. The lowest BCUT2D eigenvalue weighted by Crippen LogP contribution is -2.21. The van der Waals surface area contributed by atoms with E-state index in [4.69, 9.17) is 19.2 Å². The first kappa shape index (κ1) is 30.1. The summed E-state index contributed by atoms with van der Waals surface area (Å²) < 4.78 is 17.0. The summed E-state index contributed by atoms with van der Waals surface area (Å²) in [6, 6.07) is 23.5. The first-order chi connectivity index (χ1) is 21.1. The van der Waals surface area contributed by atoms with Crippen LogP contribution in [0.25, 0.3) is 21.8 Å². The maximum Gasteiger partial charge on any atom is 0.338 e. The molecule has 0 aliphatic heterocycles. The molecule has 0 radical (unpaired) electrons. The van der Waals surface area contributed by atoms with E-state index in [1.54, 1.807) is 24.3 Å². The number of pyridine rings is 1. The highest BCUT2D eigenvalue weighted by Gasteiger charge is 2.26. The number of hydrogen-bond donors (Lipinski definition) is 1. The molecule has 1 N–H and O–H groups in total. The molecular weight excluding hydrogens is 560 g/mol. The molecule has 2 heterocycles. The number of para-hydroxylation sites is 1. The summed E-state index contributed by atoms with van der Waals surface area (Å²) in [6.45, 7) is 0.939. The molecule has 0 spiro atoms. The Balaban J connectivity index is 1.53. The summed E-state index contributed by atoms with van der Waals surface area (Å²) in [5, 5.41) is 1.72. The van der Waals surface area contributed by atoms with Gasteiger partial charge < -0.3 is 29.0 Å². The van der Waals surface area contributed by atoms with E-state index in [1.807, 2.05) is 92.6 Å². The van der Waals surface area contributed by atoms with Crippen LogP contribution < -0.4 is 9.80 Å². The molecule has 44 heavy (non-hydrogen) atoms. The smallest absolute Gasteiger partial charge is 0.338 e. The van der Waals surface area contributed by atoms with Crippen molar-refractivity contribution < 1.29 is 28.6 Å². The molecule has 3 aromatic carbocycles. The molecule has 2 aromatic heterocycles. The highest BCUT2D eigenvalue weighted by Crippen LogP contribution is 2.33. The Kier molecular flexibility index (Phi) is 8.80. The Labute approximate surface area is 255 Å². The number of carbonyl (C=O) groups is 3. The van der Waals surface area contributed by atoms with Crippen molar-refractivity contribution in [2.24, 2.45) is 0 Å². The molecule has 0 amide bonds. The van der Waals surface area contributed by atoms with Crippen molar-refractivity contribution in [2.45, 2.75) is 19.6 Å².